The molecule has 14 heavy (non-hydrogen) atoms. The predicted octanol–water partition coefficient (Wildman–Crippen LogP) is 1.85. The van der Waals surface area contributed by atoms with Gasteiger partial charge in [-0.1, -0.05) is 0 Å². The van der Waals surface area contributed by atoms with Gasteiger partial charge in [0.25, 0.3) is 0 Å². The van der Waals surface area contributed by atoms with Crippen molar-refractivity contribution in [3.8, 4) is 5.75 Å². The van der Waals surface area contributed by atoms with Gasteiger partial charge in [0.2, 0.25) is 5.78 Å². The van der Waals surface area contributed by atoms with Gasteiger partial charge in [0, 0.05) is 5.56 Å². The van der Waals surface area contributed by atoms with Gasteiger partial charge in [0.05, 0.1) is 5.56 Å². The van der Waals surface area contributed by atoms with Crippen LogP contribution in [0, 0.1) is 0 Å². The van der Waals surface area contributed by atoms with Crippen LogP contribution in [0.3, 0.4) is 0 Å². The molecule has 0 fully saturated rings. The Hall–Kier alpha value is -1.64. The van der Waals surface area contributed by atoms with Crippen LogP contribution in [0.1, 0.15) is 34.6 Å². The molecule has 72 valence electrons. The van der Waals surface area contributed by atoms with Crippen LogP contribution < -0.4 is 4.74 Å². The molecule has 1 aliphatic rings. The molecule has 1 heterocycles. The van der Waals surface area contributed by atoms with Gasteiger partial charge in [-0.2, -0.15) is 0 Å². The smallest absolute Gasteiger partial charge is 0.209 e. The summed E-state index contributed by atoms with van der Waals surface area (Å²) in [6.45, 7) is 3.44. The quantitative estimate of drug-likeness (QED) is 0.635. The molecular formula is C11H10O3. The van der Waals surface area contributed by atoms with Crippen LogP contribution in [0.2, 0.25) is 0 Å². The highest BCUT2D eigenvalue weighted by atomic mass is 16.5. The summed E-state index contributed by atoms with van der Waals surface area (Å²) < 4.78 is 5.44. The van der Waals surface area contributed by atoms with Crippen LogP contribution in [-0.2, 0) is 0 Å². The third-order valence-corrected chi connectivity index (χ3v) is 2.30. The SMILES string of the molecule is CC1(C)Oc2ccc(C=O)cc2C1=O. The molecule has 0 amide bonds. The van der Waals surface area contributed by atoms with Crippen molar-refractivity contribution < 1.29 is 14.3 Å². The maximum atomic E-state index is 11.7. The van der Waals surface area contributed by atoms with E-state index in [1.54, 1.807) is 32.0 Å². The van der Waals surface area contributed by atoms with Gasteiger partial charge in [-0.25, -0.2) is 0 Å². The highest BCUT2D eigenvalue weighted by Crippen LogP contribution is 2.34. The van der Waals surface area contributed by atoms with Crippen LogP contribution in [0.5, 0.6) is 5.75 Å². The Kier molecular flexibility index (Phi) is 1.71. The fourth-order valence-corrected chi connectivity index (χ4v) is 1.53. The fraction of sp³-hybridized carbons (Fsp3) is 0.273. The highest BCUT2D eigenvalue weighted by Gasteiger charge is 2.39. The Labute approximate surface area is 81.7 Å². The van der Waals surface area contributed by atoms with E-state index in [-0.39, 0.29) is 5.78 Å². The number of fused-ring (bicyclic) bond motifs is 1. The van der Waals surface area contributed by atoms with E-state index in [1.807, 2.05) is 0 Å². The van der Waals surface area contributed by atoms with Gasteiger partial charge in [-0.3, -0.25) is 9.59 Å². The minimum atomic E-state index is -0.802. The zero-order valence-corrected chi connectivity index (χ0v) is 8.03. The lowest BCUT2D eigenvalue weighted by molar-refractivity contribution is 0.0684. The van der Waals surface area contributed by atoms with Gasteiger partial charge in [-0.05, 0) is 32.0 Å². The van der Waals surface area contributed by atoms with E-state index in [1.165, 1.54) is 0 Å². The Morgan fingerprint density at radius 3 is 2.71 bits per heavy atom. The third-order valence-electron chi connectivity index (χ3n) is 2.30. The molecule has 0 aliphatic carbocycles. The average molecular weight is 190 g/mol. The predicted molar refractivity (Wildman–Crippen MR) is 50.9 cm³/mol. The number of ketones is 1. The summed E-state index contributed by atoms with van der Waals surface area (Å²) >= 11 is 0. The van der Waals surface area contributed by atoms with Crippen LogP contribution in [0.15, 0.2) is 18.2 Å². The van der Waals surface area contributed by atoms with Crippen LogP contribution >= 0.6 is 0 Å². The number of hydrogen-bond acceptors (Lipinski definition) is 3. The zero-order valence-electron chi connectivity index (χ0n) is 8.03. The second-order valence-electron chi connectivity index (χ2n) is 3.81. The van der Waals surface area contributed by atoms with Gasteiger partial charge >= 0.3 is 0 Å². The van der Waals surface area contributed by atoms with E-state index < -0.39 is 5.60 Å². The molecule has 1 aromatic carbocycles. The van der Waals surface area contributed by atoms with Gasteiger partial charge in [0.15, 0.2) is 5.60 Å². The minimum absolute atomic E-state index is 0.0730. The summed E-state index contributed by atoms with van der Waals surface area (Å²) in [6, 6.07) is 4.87. The minimum Gasteiger partial charge on any atom is -0.479 e. The van der Waals surface area contributed by atoms with Gasteiger partial charge in [-0.15, -0.1) is 0 Å². The molecular weight excluding hydrogens is 180 g/mol. The summed E-state index contributed by atoms with van der Waals surface area (Å²) in [5.41, 5.74) is 0.196. The maximum Gasteiger partial charge on any atom is 0.209 e. The number of aldehydes is 1. The van der Waals surface area contributed by atoms with Crippen molar-refractivity contribution >= 4 is 12.1 Å². The first-order valence-electron chi connectivity index (χ1n) is 4.37. The molecule has 0 atom stereocenters. The number of carbonyl (C=O) groups excluding carboxylic acids is 2. The number of ether oxygens (including phenoxy) is 1. The second-order valence-corrected chi connectivity index (χ2v) is 3.81. The molecule has 0 saturated carbocycles. The van der Waals surface area contributed by atoms with Crippen molar-refractivity contribution in [2.24, 2.45) is 0 Å². The summed E-state index contributed by atoms with van der Waals surface area (Å²) in [4.78, 5) is 22.3. The molecule has 0 spiro atoms. The van der Waals surface area contributed by atoms with E-state index in [0.29, 0.717) is 16.9 Å². The molecule has 0 aromatic heterocycles. The molecule has 3 nitrogen and oxygen atoms in total. The van der Waals surface area contributed by atoms with E-state index >= 15 is 0 Å². The van der Waals surface area contributed by atoms with Crippen molar-refractivity contribution in [2.45, 2.75) is 19.4 Å². The Bertz CT molecular complexity index is 419. The fourth-order valence-electron chi connectivity index (χ4n) is 1.53. The molecule has 2 rings (SSSR count). The molecule has 1 aliphatic heterocycles. The van der Waals surface area contributed by atoms with E-state index in [9.17, 15) is 9.59 Å². The summed E-state index contributed by atoms with van der Waals surface area (Å²) in [6.07, 6.45) is 0.721. The van der Waals surface area contributed by atoms with E-state index in [2.05, 4.69) is 0 Å². The molecule has 1 aromatic rings. The van der Waals surface area contributed by atoms with Crippen LogP contribution in [0.4, 0.5) is 0 Å². The molecule has 0 saturated heterocycles. The van der Waals surface area contributed by atoms with Crippen LogP contribution in [0.25, 0.3) is 0 Å². The Morgan fingerprint density at radius 1 is 1.36 bits per heavy atom. The van der Waals surface area contributed by atoms with Crippen molar-refractivity contribution in [3.63, 3.8) is 0 Å². The van der Waals surface area contributed by atoms with Crippen molar-refractivity contribution in [1.29, 1.82) is 0 Å². The average Bonchev–Trinajstić information content (AvgIpc) is 2.38. The number of carbonyl (C=O) groups is 2. The van der Waals surface area contributed by atoms with Crippen molar-refractivity contribution in [3.05, 3.63) is 29.3 Å². The number of benzene rings is 1. The summed E-state index contributed by atoms with van der Waals surface area (Å²) in [5, 5.41) is 0. The Morgan fingerprint density at radius 2 is 2.07 bits per heavy atom. The molecule has 0 radical (unpaired) electrons. The lowest BCUT2D eigenvalue weighted by Crippen LogP contribution is -2.31. The van der Waals surface area contributed by atoms with Gasteiger partial charge in [0.1, 0.15) is 12.0 Å². The first kappa shape index (κ1) is 8.94. The molecule has 0 N–H and O–H groups in total. The largest absolute Gasteiger partial charge is 0.479 e. The number of hydrogen-bond donors (Lipinski definition) is 0. The lowest BCUT2D eigenvalue weighted by atomic mass is 9.99. The number of rotatable bonds is 1. The normalized spacial score (nSPS) is 17.4. The third kappa shape index (κ3) is 1.13. The first-order valence-corrected chi connectivity index (χ1v) is 4.37. The zero-order chi connectivity index (χ0) is 10.3. The summed E-state index contributed by atoms with van der Waals surface area (Å²) in [7, 11) is 0. The van der Waals surface area contributed by atoms with Gasteiger partial charge < -0.3 is 4.74 Å². The van der Waals surface area contributed by atoms with E-state index in [4.69, 9.17) is 4.74 Å². The van der Waals surface area contributed by atoms with Crippen molar-refractivity contribution in [2.75, 3.05) is 0 Å². The number of Topliss-reactive ketones (excluding diaryl/α,β-unsaturated/α-hetero) is 1. The maximum absolute atomic E-state index is 11.7. The highest BCUT2D eigenvalue weighted by molar-refractivity contribution is 6.07. The molecule has 3 heteroatoms. The summed E-state index contributed by atoms with van der Waals surface area (Å²) in [5.74, 6) is 0.488. The molecule has 0 bridgehead atoms. The van der Waals surface area contributed by atoms with E-state index in [0.717, 1.165) is 6.29 Å². The molecule has 0 unspecified atom stereocenters. The first-order chi connectivity index (χ1) is 6.54. The lowest BCUT2D eigenvalue weighted by Gasteiger charge is -2.14. The Balaban J connectivity index is 2.56. The van der Waals surface area contributed by atoms with Crippen LogP contribution in [-0.4, -0.2) is 17.7 Å². The van der Waals surface area contributed by atoms with Crippen molar-refractivity contribution in [1.82, 2.24) is 0 Å². The standard InChI is InChI=1S/C11H10O3/c1-11(2)10(13)8-5-7(6-12)3-4-9(8)14-11/h3-6H,1-2H3. The monoisotopic (exact) mass is 190 g/mol. The topological polar surface area (TPSA) is 43.4 Å². The second kappa shape index (κ2) is 2.67.